The average molecular weight is 201 g/mol. The van der Waals surface area contributed by atoms with E-state index in [1.165, 1.54) is 5.06 Å². The van der Waals surface area contributed by atoms with Gasteiger partial charge in [0.05, 0.1) is 31.3 Å². The topological polar surface area (TPSA) is 59.0 Å². The molecule has 2 aliphatic heterocycles. The highest BCUT2D eigenvalue weighted by atomic mass is 16.7. The van der Waals surface area contributed by atoms with E-state index in [-0.39, 0.29) is 31.1 Å². The average Bonchev–Trinajstić information content (AvgIpc) is 2.73. The van der Waals surface area contributed by atoms with Crippen molar-refractivity contribution in [2.45, 2.75) is 25.6 Å². The number of aliphatic hydroxyl groups is 1. The predicted molar refractivity (Wildman–Crippen MR) is 47.2 cm³/mol. The normalized spacial score (nSPS) is 37.9. The van der Waals surface area contributed by atoms with E-state index in [0.29, 0.717) is 6.61 Å². The molecule has 0 aliphatic carbocycles. The summed E-state index contributed by atoms with van der Waals surface area (Å²) in [6, 6.07) is 0. The molecule has 2 aliphatic rings. The third kappa shape index (κ3) is 1.89. The molecule has 14 heavy (non-hydrogen) atoms. The van der Waals surface area contributed by atoms with Gasteiger partial charge in [-0.15, -0.1) is 0 Å². The van der Waals surface area contributed by atoms with Gasteiger partial charge in [-0.1, -0.05) is 0 Å². The van der Waals surface area contributed by atoms with Crippen molar-refractivity contribution in [2.24, 2.45) is 5.92 Å². The molecule has 0 aromatic rings. The molecule has 0 bridgehead atoms. The second-order valence-electron chi connectivity index (χ2n) is 3.93. The highest BCUT2D eigenvalue weighted by molar-refractivity contribution is 5.78. The van der Waals surface area contributed by atoms with Crippen molar-refractivity contribution in [3.05, 3.63) is 0 Å². The van der Waals surface area contributed by atoms with Crippen LogP contribution in [0, 0.1) is 5.92 Å². The lowest BCUT2D eigenvalue weighted by molar-refractivity contribution is -0.173. The van der Waals surface area contributed by atoms with Crippen molar-refractivity contribution in [1.29, 1.82) is 0 Å². The van der Waals surface area contributed by atoms with Gasteiger partial charge in [-0.3, -0.25) is 9.63 Å². The van der Waals surface area contributed by atoms with Crippen molar-refractivity contribution in [3.8, 4) is 0 Å². The highest BCUT2D eigenvalue weighted by Gasteiger charge is 2.35. The van der Waals surface area contributed by atoms with Crippen molar-refractivity contribution in [2.75, 3.05) is 19.8 Å². The number of aliphatic hydroxyl groups excluding tert-OH is 1. The summed E-state index contributed by atoms with van der Waals surface area (Å²) in [7, 11) is 0. The Kier molecular flexibility index (Phi) is 2.71. The number of hydroxylamine groups is 2. The van der Waals surface area contributed by atoms with Crippen LogP contribution in [0.1, 0.15) is 13.3 Å². The number of carbonyl (C=O) groups is 1. The van der Waals surface area contributed by atoms with Crippen LogP contribution in [0.5, 0.6) is 0 Å². The Labute approximate surface area is 82.5 Å². The van der Waals surface area contributed by atoms with Crippen LogP contribution in [0.15, 0.2) is 0 Å². The molecule has 1 amide bonds. The molecular formula is C9H15NO4. The van der Waals surface area contributed by atoms with E-state index in [1.807, 2.05) is 6.92 Å². The van der Waals surface area contributed by atoms with Crippen LogP contribution in [-0.4, -0.2) is 48.0 Å². The maximum absolute atomic E-state index is 11.7. The Morgan fingerprint density at radius 3 is 2.79 bits per heavy atom. The number of rotatable bonds is 1. The standard InChI is InChI=1S/C9H15NO4/c1-6-2-7(4-13-6)9(12)10-3-8(11)5-14-10/h6-8,11H,2-5H2,1H3/t6?,7?,8-/m1/s1. The van der Waals surface area contributed by atoms with Crippen LogP contribution in [0.3, 0.4) is 0 Å². The zero-order chi connectivity index (χ0) is 10.1. The first kappa shape index (κ1) is 9.89. The lowest BCUT2D eigenvalue weighted by Gasteiger charge is -2.16. The number of carbonyl (C=O) groups excluding carboxylic acids is 1. The van der Waals surface area contributed by atoms with Gasteiger partial charge in [0.1, 0.15) is 6.61 Å². The maximum atomic E-state index is 11.7. The summed E-state index contributed by atoms with van der Waals surface area (Å²) in [4.78, 5) is 16.8. The first-order valence-corrected chi connectivity index (χ1v) is 4.91. The summed E-state index contributed by atoms with van der Waals surface area (Å²) in [5.41, 5.74) is 0. The second-order valence-corrected chi connectivity index (χ2v) is 3.93. The molecule has 0 radical (unpaired) electrons. The predicted octanol–water partition coefficient (Wildman–Crippen LogP) is -0.454. The Hall–Kier alpha value is -0.650. The maximum Gasteiger partial charge on any atom is 0.251 e. The summed E-state index contributed by atoms with van der Waals surface area (Å²) in [6.07, 6.45) is 0.351. The molecule has 2 heterocycles. The van der Waals surface area contributed by atoms with Crippen LogP contribution < -0.4 is 0 Å². The van der Waals surface area contributed by atoms with Crippen LogP contribution in [-0.2, 0) is 14.4 Å². The Bertz CT molecular complexity index is 211. The summed E-state index contributed by atoms with van der Waals surface area (Å²) >= 11 is 0. The van der Waals surface area contributed by atoms with Crippen LogP contribution >= 0.6 is 0 Å². The third-order valence-corrected chi connectivity index (χ3v) is 2.59. The number of ether oxygens (including phenoxy) is 1. The number of nitrogens with zero attached hydrogens (tertiary/aromatic N) is 1. The van der Waals surface area contributed by atoms with E-state index in [0.717, 1.165) is 6.42 Å². The Morgan fingerprint density at radius 2 is 2.29 bits per heavy atom. The first-order valence-electron chi connectivity index (χ1n) is 4.91. The van der Waals surface area contributed by atoms with E-state index in [4.69, 9.17) is 9.57 Å². The molecule has 2 fully saturated rings. The number of hydrogen-bond acceptors (Lipinski definition) is 4. The zero-order valence-electron chi connectivity index (χ0n) is 8.18. The molecule has 0 spiro atoms. The number of β-amino-alcohol motifs (C(OH)–C–C–N with tert-alkyl or cyclic N) is 1. The molecule has 2 rings (SSSR count). The summed E-state index contributed by atoms with van der Waals surface area (Å²) in [6.45, 7) is 2.92. The van der Waals surface area contributed by atoms with Gasteiger partial charge in [0.25, 0.3) is 5.91 Å². The number of hydrogen-bond donors (Lipinski definition) is 1. The molecule has 2 saturated heterocycles. The van der Waals surface area contributed by atoms with Gasteiger partial charge in [0.15, 0.2) is 0 Å². The van der Waals surface area contributed by atoms with Crippen LogP contribution in [0.25, 0.3) is 0 Å². The molecular weight excluding hydrogens is 186 g/mol. The van der Waals surface area contributed by atoms with E-state index >= 15 is 0 Å². The van der Waals surface area contributed by atoms with Gasteiger partial charge in [-0.2, -0.15) is 0 Å². The molecule has 0 aromatic heterocycles. The SMILES string of the molecule is CC1CC(C(=O)N2C[C@@H](O)CO2)CO1. The van der Waals surface area contributed by atoms with E-state index in [2.05, 4.69) is 0 Å². The summed E-state index contributed by atoms with van der Waals surface area (Å²) < 4.78 is 5.31. The Balaban J connectivity index is 1.89. The molecule has 5 nitrogen and oxygen atoms in total. The van der Waals surface area contributed by atoms with Crippen molar-refractivity contribution >= 4 is 5.91 Å². The summed E-state index contributed by atoms with van der Waals surface area (Å²) in [5, 5.41) is 10.5. The molecule has 80 valence electrons. The van der Waals surface area contributed by atoms with Gasteiger partial charge in [-0.25, -0.2) is 5.06 Å². The fraction of sp³-hybridized carbons (Fsp3) is 0.889. The van der Waals surface area contributed by atoms with Gasteiger partial charge >= 0.3 is 0 Å². The Morgan fingerprint density at radius 1 is 1.50 bits per heavy atom. The third-order valence-electron chi connectivity index (χ3n) is 2.59. The monoisotopic (exact) mass is 201 g/mol. The van der Waals surface area contributed by atoms with Crippen molar-refractivity contribution in [3.63, 3.8) is 0 Å². The van der Waals surface area contributed by atoms with Gasteiger partial charge in [0, 0.05) is 0 Å². The summed E-state index contributed by atoms with van der Waals surface area (Å²) in [5.74, 6) is -0.166. The highest BCUT2D eigenvalue weighted by Crippen LogP contribution is 2.22. The molecule has 3 atom stereocenters. The van der Waals surface area contributed by atoms with Crippen LogP contribution in [0.4, 0.5) is 0 Å². The molecule has 1 N–H and O–H groups in total. The molecule has 5 heteroatoms. The quantitative estimate of drug-likeness (QED) is 0.624. The lowest BCUT2D eigenvalue weighted by Crippen LogP contribution is -2.34. The van der Waals surface area contributed by atoms with Gasteiger partial charge < -0.3 is 9.84 Å². The van der Waals surface area contributed by atoms with E-state index < -0.39 is 6.10 Å². The fourth-order valence-corrected chi connectivity index (χ4v) is 1.82. The largest absolute Gasteiger partial charge is 0.389 e. The number of amides is 1. The van der Waals surface area contributed by atoms with E-state index in [9.17, 15) is 9.90 Å². The van der Waals surface area contributed by atoms with E-state index in [1.54, 1.807) is 0 Å². The smallest absolute Gasteiger partial charge is 0.251 e. The molecule has 0 saturated carbocycles. The zero-order valence-corrected chi connectivity index (χ0v) is 8.18. The minimum absolute atomic E-state index is 0.0640. The second kappa shape index (κ2) is 3.84. The minimum Gasteiger partial charge on any atom is -0.389 e. The molecule has 0 aromatic carbocycles. The van der Waals surface area contributed by atoms with Crippen molar-refractivity contribution < 1.29 is 19.5 Å². The van der Waals surface area contributed by atoms with Crippen LogP contribution in [0.2, 0.25) is 0 Å². The van der Waals surface area contributed by atoms with Gasteiger partial charge in [0.2, 0.25) is 0 Å². The molecule has 2 unspecified atom stereocenters. The first-order chi connectivity index (χ1) is 6.66. The van der Waals surface area contributed by atoms with Gasteiger partial charge in [-0.05, 0) is 13.3 Å². The lowest BCUT2D eigenvalue weighted by atomic mass is 10.1. The minimum atomic E-state index is -0.543. The fourth-order valence-electron chi connectivity index (χ4n) is 1.82. The van der Waals surface area contributed by atoms with Crippen molar-refractivity contribution in [1.82, 2.24) is 5.06 Å².